The molecular formula is C24H26N4O2S. The minimum absolute atomic E-state index is 0.0595. The summed E-state index contributed by atoms with van der Waals surface area (Å²) in [5.74, 6) is 0.717. The lowest BCUT2D eigenvalue weighted by molar-refractivity contribution is 0.242. The first kappa shape index (κ1) is 21.3. The second-order valence-electron chi connectivity index (χ2n) is 7.86. The largest absolute Gasteiger partial charge is 0.490 e. The van der Waals surface area contributed by atoms with Crippen LogP contribution in [0.5, 0.6) is 5.75 Å². The van der Waals surface area contributed by atoms with E-state index in [1.54, 1.807) is 11.3 Å². The molecule has 31 heavy (non-hydrogen) atoms. The molecule has 1 aliphatic carbocycles. The first-order valence-corrected chi connectivity index (χ1v) is 11.3. The zero-order chi connectivity index (χ0) is 21.8. The van der Waals surface area contributed by atoms with Gasteiger partial charge in [0.1, 0.15) is 10.8 Å². The molecule has 2 N–H and O–H groups in total. The van der Waals surface area contributed by atoms with Crippen molar-refractivity contribution in [3.8, 4) is 26.8 Å². The van der Waals surface area contributed by atoms with Crippen LogP contribution in [-0.2, 0) is 6.42 Å². The maximum Gasteiger partial charge on any atom is 0.128 e. The van der Waals surface area contributed by atoms with Gasteiger partial charge in [0.15, 0.2) is 0 Å². The van der Waals surface area contributed by atoms with Gasteiger partial charge in [0.05, 0.1) is 17.5 Å². The van der Waals surface area contributed by atoms with Crippen LogP contribution >= 0.6 is 11.3 Å². The molecule has 160 valence electrons. The van der Waals surface area contributed by atoms with Crippen molar-refractivity contribution < 1.29 is 4.74 Å². The maximum absolute atomic E-state index is 10.4. The van der Waals surface area contributed by atoms with Crippen LogP contribution in [0.4, 0.5) is 0 Å². The van der Waals surface area contributed by atoms with Crippen molar-refractivity contribution in [2.24, 2.45) is 5.18 Å². The summed E-state index contributed by atoms with van der Waals surface area (Å²) >= 11 is 1.66. The lowest BCUT2D eigenvalue weighted by atomic mass is 10.0. The summed E-state index contributed by atoms with van der Waals surface area (Å²) < 4.78 is 5.80. The first-order chi connectivity index (χ1) is 15.1. The van der Waals surface area contributed by atoms with E-state index >= 15 is 0 Å². The van der Waals surface area contributed by atoms with Gasteiger partial charge in [0.2, 0.25) is 0 Å². The van der Waals surface area contributed by atoms with Gasteiger partial charge in [-0.1, -0.05) is 23.4 Å². The molecule has 3 aromatic rings. The average molecular weight is 435 g/mol. The van der Waals surface area contributed by atoms with Crippen molar-refractivity contribution in [1.82, 2.24) is 10.3 Å². The smallest absolute Gasteiger partial charge is 0.128 e. The number of hydrogen-bond donors (Lipinski definition) is 2. The average Bonchev–Trinajstić information content (AvgIpc) is 3.41. The van der Waals surface area contributed by atoms with Gasteiger partial charge in [0.25, 0.3) is 0 Å². The lowest BCUT2D eigenvalue weighted by Gasteiger charge is -2.13. The Bertz CT molecular complexity index is 1090. The van der Waals surface area contributed by atoms with Gasteiger partial charge in [0, 0.05) is 36.1 Å². The van der Waals surface area contributed by atoms with Crippen molar-refractivity contribution in [3.05, 3.63) is 64.2 Å². The zero-order valence-corrected chi connectivity index (χ0v) is 18.5. The number of nitrogens with one attached hydrogen (secondary N) is 2. The van der Waals surface area contributed by atoms with E-state index in [0.29, 0.717) is 13.1 Å². The molecule has 0 fully saturated rings. The number of benzene rings is 2. The predicted molar refractivity (Wildman–Crippen MR) is 126 cm³/mol. The highest BCUT2D eigenvalue weighted by Crippen LogP contribution is 2.41. The van der Waals surface area contributed by atoms with Crippen molar-refractivity contribution in [1.29, 1.82) is 5.41 Å². The summed E-state index contributed by atoms with van der Waals surface area (Å²) in [5.41, 5.74) is 5.63. The molecule has 0 bridgehead atoms. The van der Waals surface area contributed by atoms with Crippen LogP contribution in [0, 0.1) is 10.3 Å². The molecule has 6 nitrogen and oxygen atoms in total. The first-order valence-electron chi connectivity index (χ1n) is 10.5. The lowest BCUT2D eigenvalue weighted by Crippen LogP contribution is -2.22. The molecule has 0 saturated carbocycles. The van der Waals surface area contributed by atoms with Gasteiger partial charge in [-0.2, -0.15) is 4.91 Å². The summed E-state index contributed by atoms with van der Waals surface area (Å²) in [4.78, 5) is 16.2. The zero-order valence-electron chi connectivity index (χ0n) is 17.7. The number of nitrogens with zero attached hydrogens (tertiary/aromatic N) is 2. The van der Waals surface area contributed by atoms with E-state index < -0.39 is 0 Å². The van der Waals surface area contributed by atoms with E-state index in [1.165, 1.54) is 22.9 Å². The van der Waals surface area contributed by atoms with E-state index in [1.807, 2.05) is 38.2 Å². The second-order valence-corrected chi connectivity index (χ2v) is 8.90. The van der Waals surface area contributed by atoms with Crippen LogP contribution in [-0.4, -0.2) is 30.4 Å². The molecule has 0 spiro atoms. The van der Waals surface area contributed by atoms with E-state index in [4.69, 9.17) is 10.1 Å². The molecule has 1 heterocycles. The number of hydrogen-bond acceptors (Lipinski definition) is 7. The van der Waals surface area contributed by atoms with E-state index in [0.717, 1.165) is 39.6 Å². The molecule has 1 aromatic heterocycles. The van der Waals surface area contributed by atoms with Crippen molar-refractivity contribution in [2.45, 2.75) is 38.8 Å². The van der Waals surface area contributed by atoms with Gasteiger partial charge in [-0.25, -0.2) is 4.98 Å². The number of thiazole rings is 1. The summed E-state index contributed by atoms with van der Waals surface area (Å²) in [6, 6.07) is 12.6. The topological polar surface area (TPSA) is 87.4 Å². The number of fused-ring (bicyclic) bond motifs is 1. The molecule has 7 heteroatoms. The van der Waals surface area contributed by atoms with E-state index in [-0.39, 0.29) is 12.1 Å². The third-order valence-corrected chi connectivity index (χ3v) is 6.49. The molecule has 4 rings (SSSR count). The third-order valence-electron chi connectivity index (χ3n) is 5.41. The van der Waals surface area contributed by atoms with Crippen molar-refractivity contribution in [3.63, 3.8) is 0 Å². The molecule has 0 aliphatic heterocycles. The Hall–Kier alpha value is -2.90. The van der Waals surface area contributed by atoms with Crippen LogP contribution in [0.3, 0.4) is 0 Å². The van der Waals surface area contributed by atoms with Crippen molar-refractivity contribution in [2.75, 3.05) is 13.1 Å². The Labute approximate surface area is 186 Å². The number of ether oxygens (including phenoxy) is 1. The molecule has 1 unspecified atom stereocenters. The van der Waals surface area contributed by atoms with Gasteiger partial charge in [-0.3, -0.25) is 0 Å². The van der Waals surface area contributed by atoms with Crippen LogP contribution in [0.15, 0.2) is 47.8 Å². The second kappa shape index (κ2) is 9.49. The highest BCUT2D eigenvalue weighted by molar-refractivity contribution is 7.18. The molecule has 1 atom stereocenters. The normalized spacial score (nSPS) is 15.1. The Kier molecular flexibility index (Phi) is 6.53. The quantitative estimate of drug-likeness (QED) is 0.260. The molecule has 0 saturated heterocycles. The van der Waals surface area contributed by atoms with Crippen LogP contribution < -0.4 is 10.1 Å². The minimum Gasteiger partial charge on any atom is -0.490 e. The predicted octanol–water partition coefficient (Wildman–Crippen LogP) is 5.61. The number of aromatic nitrogens is 1. The number of rotatable bonds is 9. The fourth-order valence-electron chi connectivity index (χ4n) is 4.07. The van der Waals surface area contributed by atoms with Gasteiger partial charge in [-0.15, -0.1) is 11.3 Å². The molecular weight excluding hydrogens is 408 g/mol. The monoisotopic (exact) mass is 434 g/mol. The maximum atomic E-state index is 10.4. The highest BCUT2D eigenvalue weighted by atomic mass is 32.1. The summed E-state index contributed by atoms with van der Waals surface area (Å²) in [5, 5.41) is 15.0. The highest BCUT2D eigenvalue weighted by Gasteiger charge is 2.25. The molecule has 0 amide bonds. The number of nitroso groups, excluding NO2 is 1. The fourth-order valence-corrected chi connectivity index (χ4v) is 5.03. The summed E-state index contributed by atoms with van der Waals surface area (Å²) in [6.45, 7) is 4.86. The third kappa shape index (κ3) is 4.57. The van der Waals surface area contributed by atoms with Crippen LogP contribution in [0.2, 0.25) is 0 Å². The standard InChI is InChI=1S/C24H26N4O2S/c1-15(2)30-22-9-6-16(12-17(22)13-25)24-27-14-23(31-24)20-5-3-4-19-18(20)7-8-21(19)26-10-11-28-29/h3-6,9,12-15,21,25-26H,7-8,10-11H2,1-2H3. The van der Waals surface area contributed by atoms with Crippen LogP contribution in [0.25, 0.3) is 21.0 Å². The van der Waals surface area contributed by atoms with Gasteiger partial charge in [-0.05, 0) is 61.6 Å². The SMILES string of the molecule is CC(C)Oc1ccc(-c2ncc(-c3cccc4c3CCC4NCCN=O)s2)cc1C=N. The van der Waals surface area contributed by atoms with Gasteiger partial charge >= 0.3 is 0 Å². The van der Waals surface area contributed by atoms with Crippen molar-refractivity contribution >= 4 is 17.6 Å². The fraction of sp³-hybridized carbons (Fsp3) is 0.333. The molecule has 2 aromatic carbocycles. The Morgan fingerprint density at radius 3 is 3.00 bits per heavy atom. The Morgan fingerprint density at radius 2 is 2.23 bits per heavy atom. The summed E-state index contributed by atoms with van der Waals surface area (Å²) in [6.07, 6.45) is 5.35. The summed E-state index contributed by atoms with van der Waals surface area (Å²) in [7, 11) is 0. The minimum atomic E-state index is 0.0595. The molecule has 0 radical (unpaired) electrons. The Balaban J connectivity index is 1.60. The van der Waals surface area contributed by atoms with Gasteiger partial charge < -0.3 is 15.5 Å². The van der Waals surface area contributed by atoms with E-state index in [2.05, 4.69) is 33.7 Å². The van der Waals surface area contributed by atoms with E-state index in [9.17, 15) is 4.91 Å². The molecule has 1 aliphatic rings. The van der Waals surface area contributed by atoms with Crippen LogP contribution in [0.1, 0.15) is 43.0 Å². The Morgan fingerprint density at radius 1 is 1.35 bits per heavy atom.